The molecule has 0 bridgehead atoms. The molecule has 0 saturated carbocycles. The molecular weight excluding hydrogens is 402 g/mol. The number of benzene rings is 2. The number of carbonyl (C=O) groups excluding carboxylic acids is 3. The van der Waals surface area contributed by atoms with Gasteiger partial charge in [0.05, 0.1) is 24.3 Å². The zero-order chi connectivity index (χ0) is 21.1. The van der Waals surface area contributed by atoms with Crippen LogP contribution in [-0.2, 0) is 22.4 Å². The van der Waals surface area contributed by atoms with Crippen LogP contribution >= 0.6 is 11.8 Å². The third kappa shape index (κ3) is 4.43. The van der Waals surface area contributed by atoms with E-state index in [-0.39, 0.29) is 24.1 Å². The highest BCUT2D eigenvalue weighted by atomic mass is 32.2. The van der Waals surface area contributed by atoms with Crippen molar-refractivity contribution in [3.05, 3.63) is 53.1 Å². The molecular formula is C22H23N3O4S. The minimum atomic E-state index is -0.572. The van der Waals surface area contributed by atoms with E-state index in [1.807, 2.05) is 24.5 Å². The molecule has 8 heteroatoms. The number of carbonyl (C=O) groups is 3. The summed E-state index contributed by atoms with van der Waals surface area (Å²) in [4.78, 5) is 37.5. The molecule has 2 aliphatic heterocycles. The van der Waals surface area contributed by atoms with Crippen molar-refractivity contribution in [3.8, 4) is 5.75 Å². The molecule has 1 atom stereocenters. The molecule has 7 nitrogen and oxygen atoms in total. The SMILES string of the molecule is CSCCC1NC(=O)c2cc(NC(=O)Cc3ccc4c(c3)OCC4)ccc2NC1=O. The number of hydrogen-bond acceptors (Lipinski definition) is 5. The molecule has 0 aromatic heterocycles. The van der Waals surface area contributed by atoms with Crippen LogP contribution in [0.5, 0.6) is 5.75 Å². The Balaban J connectivity index is 1.45. The largest absolute Gasteiger partial charge is 0.493 e. The number of ether oxygens (including phenoxy) is 1. The maximum absolute atomic E-state index is 12.6. The van der Waals surface area contributed by atoms with E-state index in [1.54, 1.807) is 30.0 Å². The zero-order valence-electron chi connectivity index (χ0n) is 16.6. The third-order valence-corrected chi connectivity index (χ3v) is 5.81. The average molecular weight is 426 g/mol. The maximum atomic E-state index is 12.6. The molecule has 4 rings (SSSR count). The zero-order valence-corrected chi connectivity index (χ0v) is 17.4. The Bertz CT molecular complexity index is 1010. The van der Waals surface area contributed by atoms with Crippen molar-refractivity contribution in [2.45, 2.75) is 25.3 Å². The van der Waals surface area contributed by atoms with Crippen LogP contribution in [0, 0.1) is 0 Å². The van der Waals surface area contributed by atoms with Crippen LogP contribution in [0.2, 0.25) is 0 Å². The van der Waals surface area contributed by atoms with Gasteiger partial charge in [-0.1, -0.05) is 12.1 Å². The average Bonchev–Trinajstić information content (AvgIpc) is 3.15. The van der Waals surface area contributed by atoms with Gasteiger partial charge < -0.3 is 20.7 Å². The van der Waals surface area contributed by atoms with Crippen LogP contribution in [0.1, 0.15) is 27.9 Å². The molecule has 0 fully saturated rings. The molecule has 3 N–H and O–H groups in total. The summed E-state index contributed by atoms with van der Waals surface area (Å²) >= 11 is 1.62. The first-order valence-electron chi connectivity index (χ1n) is 9.82. The van der Waals surface area contributed by atoms with Gasteiger partial charge in [0, 0.05) is 12.1 Å². The number of nitrogens with one attached hydrogen (secondary N) is 3. The lowest BCUT2D eigenvalue weighted by Crippen LogP contribution is -2.41. The van der Waals surface area contributed by atoms with Crippen LogP contribution in [0.4, 0.5) is 11.4 Å². The smallest absolute Gasteiger partial charge is 0.254 e. The van der Waals surface area contributed by atoms with E-state index >= 15 is 0 Å². The minimum Gasteiger partial charge on any atom is -0.493 e. The summed E-state index contributed by atoms with van der Waals surface area (Å²) < 4.78 is 5.55. The minimum absolute atomic E-state index is 0.191. The van der Waals surface area contributed by atoms with Gasteiger partial charge in [0.1, 0.15) is 11.8 Å². The Morgan fingerprint density at radius 2 is 2.10 bits per heavy atom. The van der Waals surface area contributed by atoms with Crippen LogP contribution in [0.25, 0.3) is 0 Å². The lowest BCUT2D eigenvalue weighted by Gasteiger charge is -2.13. The molecule has 2 aromatic rings. The molecule has 0 radical (unpaired) electrons. The van der Waals surface area contributed by atoms with E-state index in [0.29, 0.717) is 30.0 Å². The quantitative estimate of drug-likeness (QED) is 0.661. The lowest BCUT2D eigenvalue weighted by molar-refractivity contribution is -0.118. The predicted molar refractivity (Wildman–Crippen MR) is 117 cm³/mol. The predicted octanol–water partition coefficient (Wildman–Crippen LogP) is 2.61. The van der Waals surface area contributed by atoms with Gasteiger partial charge in [-0.25, -0.2) is 0 Å². The number of hydrogen-bond donors (Lipinski definition) is 3. The van der Waals surface area contributed by atoms with Crippen molar-refractivity contribution in [1.29, 1.82) is 0 Å². The summed E-state index contributed by atoms with van der Waals surface area (Å²) in [5.41, 5.74) is 3.30. The van der Waals surface area contributed by atoms with Gasteiger partial charge >= 0.3 is 0 Å². The fraction of sp³-hybridized carbons (Fsp3) is 0.318. The second-order valence-corrected chi connectivity index (χ2v) is 8.31. The molecule has 30 heavy (non-hydrogen) atoms. The molecule has 156 valence electrons. The van der Waals surface area contributed by atoms with Gasteiger partial charge in [0.25, 0.3) is 5.91 Å². The Hall–Kier alpha value is -3.00. The van der Waals surface area contributed by atoms with Crippen molar-refractivity contribution >= 4 is 40.9 Å². The topological polar surface area (TPSA) is 96.5 Å². The highest BCUT2D eigenvalue weighted by molar-refractivity contribution is 7.98. The molecule has 0 aliphatic carbocycles. The number of anilines is 2. The number of fused-ring (bicyclic) bond motifs is 2. The molecule has 1 unspecified atom stereocenters. The lowest BCUT2D eigenvalue weighted by atomic mass is 10.1. The summed E-state index contributed by atoms with van der Waals surface area (Å²) in [5.74, 6) is 0.856. The first kappa shape index (κ1) is 20.3. The molecule has 2 aromatic carbocycles. The van der Waals surface area contributed by atoms with Crippen LogP contribution in [0.15, 0.2) is 36.4 Å². The van der Waals surface area contributed by atoms with Crippen LogP contribution in [-0.4, -0.2) is 42.4 Å². The first-order valence-corrected chi connectivity index (χ1v) is 11.2. The second kappa shape index (κ2) is 8.79. The Morgan fingerprint density at radius 3 is 2.93 bits per heavy atom. The standard InChI is InChI=1S/C22H23N3O4S/c1-30-9-7-18-22(28)24-17-5-4-15(12-16(17)21(27)25-18)23-20(26)11-13-2-3-14-6-8-29-19(14)10-13/h2-5,10,12,18H,6-9,11H2,1H3,(H,23,26)(H,24,28)(H,25,27). The Kier molecular flexibility index (Phi) is 5.94. The van der Waals surface area contributed by atoms with Gasteiger partial charge in [0.2, 0.25) is 11.8 Å². The fourth-order valence-electron chi connectivity index (χ4n) is 3.59. The van der Waals surface area contributed by atoms with Crippen molar-refractivity contribution in [2.24, 2.45) is 0 Å². The number of thioether (sulfide) groups is 1. The van der Waals surface area contributed by atoms with Gasteiger partial charge in [-0.05, 0) is 53.8 Å². The van der Waals surface area contributed by atoms with Crippen molar-refractivity contribution in [3.63, 3.8) is 0 Å². The van der Waals surface area contributed by atoms with E-state index in [2.05, 4.69) is 16.0 Å². The summed E-state index contributed by atoms with van der Waals surface area (Å²) in [7, 11) is 0. The van der Waals surface area contributed by atoms with Gasteiger partial charge in [-0.3, -0.25) is 14.4 Å². The van der Waals surface area contributed by atoms with Gasteiger partial charge in [0.15, 0.2) is 0 Å². The fourth-order valence-corrected chi connectivity index (χ4v) is 4.06. The van der Waals surface area contributed by atoms with Gasteiger partial charge in [-0.15, -0.1) is 0 Å². The molecule has 0 saturated heterocycles. The highest BCUT2D eigenvalue weighted by Gasteiger charge is 2.27. The van der Waals surface area contributed by atoms with Crippen molar-refractivity contribution < 1.29 is 19.1 Å². The van der Waals surface area contributed by atoms with Crippen molar-refractivity contribution in [2.75, 3.05) is 29.2 Å². The summed E-state index contributed by atoms with van der Waals surface area (Å²) in [5, 5.41) is 8.40. The van der Waals surface area contributed by atoms with E-state index < -0.39 is 6.04 Å². The maximum Gasteiger partial charge on any atom is 0.254 e. The first-order chi connectivity index (χ1) is 14.5. The Morgan fingerprint density at radius 1 is 1.23 bits per heavy atom. The highest BCUT2D eigenvalue weighted by Crippen LogP contribution is 2.27. The molecule has 3 amide bonds. The van der Waals surface area contributed by atoms with Crippen molar-refractivity contribution in [1.82, 2.24) is 5.32 Å². The van der Waals surface area contributed by atoms with Crippen LogP contribution in [0.3, 0.4) is 0 Å². The monoisotopic (exact) mass is 425 g/mol. The number of rotatable bonds is 6. The second-order valence-electron chi connectivity index (χ2n) is 7.32. The van der Waals surface area contributed by atoms with E-state index in [4.69, 9.17) is 4.74 Å². The Labute approximate surface area is 178 Å². The summed E-state index contributed by atoms with van der Waals surface area (Å²) in [6, 6.07) is 10.2. The number of amides is 3. The van der Waals surface area contributed by atoms with Crippen LogP contribution < -0.4 is 20.7 Å². The van der Waals surface area contributed by atoms with E-state index in [0.717, 1.165) is 29.1 Å². The molecule has 2 heterocycles. The van der Waals surface area contributed by atoms with E-state index in [1.165, 1.54) is 0 Å². The van der Waals surface area contributed by atoms with E-state index in [9.17, 15) is 14.4 Å². The van der Waals surface area contributed by atoms with Gasteiger partial charge in [-0.2, -0.15) is 11.8 Å². The summed E-state index contributed by atoms with van der Waals surface area (Å²) in [6.45, 7) is 0.677. The molecule has 0 spiro atoms. The normalized spacial score (nSPS) is 17.2. The molecule has 2 aliphatic rings. The third-order valence-electron chi connectivity index (χ3n) is 5.16. The summed E-state index contributed by atoms with van der Waals surface area (Å²) in [6.07, 6.45) is 3.61.